The number of aromatic hydroxyl groups is 2. The molecule has 28 heavy (non-hydrogen) atoms. The van der Waals surface area contributed by atoms with Gasteiger partial charge in [-0.3, -0.25) is 0 Å². The van der Waals surface area contributed by atoms with Crippen molar-refractivity contribution in [2.45, 2.75) is 118 Å². The second-order valence-electron chi connectivity index (χ2n) is 10.8. The lowest BCUT2D eigenvalue weighted by Crippen LogP contribution is -2.03. The van der Waals surface area contributed by atoms with Gasteiger partial charge in [0.15, 0.2) is 0 Å². The fraction of sp³-hybridized carbons (Fsp3) is 0.769. The summed E-state index contributed by atoms with van der Waals surface area (Å²) < 4.78 is 0. The van der Waals surface area contributed by atoms with E-state index in [2.05, 4.69) is 27.7 Å². The maximum atomic E-state index is 10.2. The third-order valence-corrected chi connectivity index (χ3v) is 6.48. The van der Waals surface area contributed by atoms with E-state index in [9.17, 15) is 10.2 Å². The van der Waals surface area contributed by atoms with Crippen molar-refractivity contribution in [2.75, 3.05) is 0 Å². The molecule has 160 valence electrons. The number of hydrogen-bond acceptors (Lipinski definition) is 2. The Labute approximate surface area is 173 Å². The van der Waals surface area contributed by atoms with Crippen LogP contribution in [-0.2, 0) is 12.8 Å². The minimum absolute atomic E-state index is 0.258. The number of aryl methyl sites for hydroxylation is 2. The molecule has 1 aromatic carbocycles. The van der Waals surface area contributed by atoms with Gasteiger partial charge in [-0.25, -0.2) is 0 Å². The molecule has 1 aliphatic rings. The minimum atomic E-state index is 0.258. The molecule has 0 radical (unpaired) electrons. The molecule has 0 aliphatic heterocycles. The minimum Gasteiger partial charge on any atom is -0.508 e. The summed E-state index contributed by atoms with van der Waals surface area (Å²) in [6.45, 7) is 9.32. The molecule has 2 nitrogen and oxygen atoms in total. The molecule has 1 aliphatic carbocycles. The van der Waals surface area contributed by atoms with Crippen molar-refractivity contribution in [3.63, 3.8) is 0 Å². The van der Waals surface area contributed by atoms with E-state index in [-0.39, 0.29) is 11.5 Å². The third-order valence-electron chi connectivity index (χ3n) is 6.48. The van der Waals surface area contributed by atoms with E-state index in [0.717, 1.165) is 36.8 Å². The van der Waals surface area contributed by atoms with Crippen LogP contribution in [-0.4, -0.2) is 10.2 Å². The number of unbranched alkanes of at least 4 members (excludes halogenated alkanes) is 6. The SMILES string of the molecule is CC(C)(C)CCCCCCc1cc(CCCCCCC2(C)CC2)c(O)cc1O. The van der Waals surface area contributed by atoms with Crippen LogP contribution in [0.1, 0.15) is 116 Å². The molecular weight excluding hydrogens is 344 g/mol. The van der Waals surface area contributed by atoms with Crippen LogP contribution in [0.25, 0.3) is 0 Å². The van der Waals surface area contributed by atoms with Crippen molar-refractivity contribution >= 4 is 0 Å². The first-order valence-electron chi connectivity index (χ1n) is 11.7. The van der Waals surface area contributed by atoms with Crippen LogP contribution in [0.5, 0.6) is 11.5 Å². The summed E-state index contributed by atoms with van der Waals surface area (Å²) in [6, 6.07) is 3.60. The van der Waals surface area contributed by atoms with Crippen molar-refractivity contribution in [3.8, 4) is 11.5 Å². The van der Waals surface area contributed by atoms with Crippen LogP contribution in [0.4, 0.5) is 0 Å². The van der Waals surface area contributed by atoms with Gasteiger partial charge >= 0.3 is 0 Å². The molecular formula is C26H44O2. The van der Waals surface area contributed by atoms with E-state index in [4.69, 9.17) is 0 Å². The Balaban J connectivity index is 1.67. The third kappa shape index (κ3) is 8.88. The maximum Gasteiger partial charge on any atom is 0.122 e. The first-order chi connectivity index (χ1) is 13.2. The second kappa shape index (κ2) is 10.6. The zero-order valence-corrected chi connectivity index (χ0v) is 18.9. The number of phenolic OH excluding ortho intramolecular Hbond substituents is 2. The van der Waals surface area contributed by atoms with Crippen molar-refractivity contribution in [1.29, 1.82) is 0 Å². The number of benzene rings is 1. The lowest BCUT2D eigenvalue weighted by atomic mass is 9.89. The summed E-state index contributed by atoms with van der Waals surface area (Å²) in [5, 5.41) is 20.4. The molecule has 1 fully saturated rings. The van der Waals surface area contributed by atoms with Crippen LogP contribution >= 0.6 is 0 Å². The molecule has 0 amide bonds. The maximum absolute atomic E-state index is 10.2. The van der Waals surface area contributed by atoms with E-state index in [1.54, 1.807) is 6.07 Å². The van der Waals surface area contributed by atoms with E-state index >= 15 is 0 Å². The highest BCUT2D eigenvalue weighted by molar-refractivity contribution is 5.45. The standard InChI is InChI=1S/C26H44O2/c1-25(2,3)15-11-7-5-9-13-21-19-22(24(28)20-23(21)27)14-10-6-8-12-16-26(4)17-18-26/h19-20,27-28H,5-18H2,1-4H3. The van der Waals surface area contributed by atoms with Crippen LogP contribution < -0.4 is 0 Å². The van der Waals surface area contributed by atoms with Crippen molar-refractivity contribution < 1.29 is 10.2 Å². The summed E-state index contributed by atoms with van der Waals surface area (Å²) in [5.74, 6) is 0.519. The Morgan fingerprint density at radius 1 is 0.750 bits per heavy atom. The molecule has 2 heteroatoms. The van der Waals surface area contributed by atoms with E-state index < -0.39 is 0 Å². The van der Waals surface area contributed by atoms with Gasteiger partial charge in [0.05, 0.1) is 0 Å². The largest absolute Gasteiger partial charge is 0.508 e. The Morgan fingerprint density at radius 2 is 1.25 bits per heavy atom. The van der Waals surface area contributed by atoms with Gasteiger partial charge < -0.3 is 10.2 Å². The summed E-state index contributed by atoms with van der Waals surface area (Å²) in [6.07, 6.45) is 17.2. The molecule has 2 rings (SSSR count). The van der Waals surface area contributed by atoms with Crippen LogP contribution in [0.3, 0.4) is 0 Å². The molecule has 0 spiro atoms. The van der Waals surface area contributed by atoms with Gasteiger partial charge in [-0.2, -0.15) is 0 Å². The lowest BCUT2D eigenvalue weighted by molar-refractivity contribution is 0.357. The van der Waals surface area contributed by atoms with Crippen molar-refractivity contribution in [2.24, 2.45) is 10.8 Å². The molecule has 0 atom stereocenters. The molecule has 1 saturated carbocycles. The predicted molar refractivity (Wildman–Crippen MR) is 120 cm³/mol. The number of hydrogen-bond donors (Lipinski definition) is 2. The van der Waals surface area contributed by atoms with Crippen LogP contribution in [0.15, 0.2) is 12.1 Å². The van der Waals surface area contributed by atoms with Gasteiger partial charge in [-0.05, 0) is 79.4 Å². The molecule has 0 heterocycles. The first kappa shape index (κ1) is 23.1. The monoisotopic (exact) mass is 388 g/mol. The van der Waals surface area contributed by atoms with Gasteiger partial charge in [-0.15, -0.1) is 0 Å². The lowest BCUT2D eigenvalue weighted by Gasteiger charge is -2.17. The highest BCUT2D eigenvalue weighted by Crippen LogP contribution is 2.49. The molecule has 1 aromatic rings. The van der Waals surface area contributed by atoms with E-state index in [1.165, 1.54) is 64.2 Å². The normalized spacial score (nSPS) is 15.7. The molecule has 2 N–H and O–H groups in total. The summed E-state index contributed by atoms with van der Waals surface area (Å²) in [7, 11) is 0. The zero-order valence-electron chi connectivity index (χ0n) is 18.9. The fourth-order valence-electron chi connectivity index (χ4n) is 4.08. The Hall–Kier alpha value is -1.18. The van der Waals surface area contributed by atoms with Gasteiger partial charge in [0, 0.05) is 6.07 Å². The highest BCUT2D eigenvalue weighted by Gasteiger charge is 2.35. The number of phenols is 2. The highest BCUT2D eigenvalue weighted by atomic mass is 16.3. The van der Waals surface area contributed by atoms with Crippen molar-refractivity contribution in [1.82, 2.24) is 0 Å². The predicted octanol–water partition coefficient (Wildman–Crippen LogP) is 7.93. The molecule has 0 saturated heterocycles. The molecule has 0 unspecified atom stereocenters. The van der Waals surface area contributed by atoms with Gasteiger partial charge in [-0.1, -0.05) is 66.2 Å². The first-order valence-corrected chi connectivity index (χ1v) is 11.7. The fourth-order valence-corrected chi connectivity index (χ4v) is 4.08. The van der Waals surface area contributed by atoms with Crippen LogP contribution in [0, 0.1) is 10.8 Å². The average molecular weight is 389 g/mol. The zero-order chi connectivity index (χ0) is 20.6. The topological polar surface area (TPSA) is 40.5 Å². The van der Waals surface area contributed by atoms with E-state index in [1.807, 2.05) is 6.07 Å². The van der Waals surface area contributed by atoms with Crippen molar-refractivity contribution in [3.05, 3.63) is 23.3 Å². The Morgan fingerprint density at radius 3 is 1.75 bits per heavy atom. The van der Waals surface area contributed by atoms with Gasteiger partial charge in [0.1, 0.15) is 11.5 Å². The van der Waals surface area contributed by atoms with E-state index in [0.29, 0.717) is 10.8 Å². The quantitative estimate of drug-likeness (QED) is 0.337. The summed E-state index contributed by atoms with van der Waals surface area (Å²) >= 11 is 0. The van der Waals surface area contributed by atoms with Gasteiger partial charge in [0.25, 0.3) is 0 Å². The summed E-state index contributed by atoms with van der Waals surface area (Å²) in [5.41, 5.74) is 3.12. The smallest absolute Gasteiger partial charge is 0.122 e. The van der Waals surface area contributed by atoms with Gasteiger partial charge in [0.2, 0.25) is 0 Å². The number of rotatable bonds is 13. The summed E-state index contributed by atoms with van der Waals surface area (Å²) in [4.78, 5) is 0. The molecule has 0 aromatic heterocycles. The Kier molecular flexibility index (Phi) is 8.71. The average Bonchev–Trinajstić information content (AvgIpc) is 3.33. The molecule has 0 bridgehead atoms. The Bertz CT molecular complexity index is 555. The van der Waals surface area contributed by atoms with Crippen LogP contribution in [0.2, 0.25) is 0 Å². The second-order valence-corrected chi connectivity index (χ2v) is 10.8.